The molecule has 1 atom stereocenters. The first-order valence-electron chi connectivity index (χ1n) is 5.17. The van der Waals surface area contributed by atoms with E-state index in [0.717, 1.165) is 0 Å². The minimum Gasteiger partial charge on any atom is -0.481 e. The van der Waals surface area contributed by atoms with E-state index in [2.05, 4.69) is 0 Å². The van der Waals surface area contributed by atoms with Crippen molar-refractivity contribution in [2.24, 2.45) is 0 Å². The molecule has 2 amide bonds. The molecule has 0 saturated carbocycles. The van der Waals surface area contributed by atoms with Crippen molar-refractivity contribution < 1.29 is 37.8 Å². The van der Waals surface area contributed by atoms with Gasteiger partial charge < -0.3 is 20.8 Å². The Morgan fingerprint density at radius 1 is 1.16 bits per heavy atom. The summed E-state index contributed by atoms with van der Waals surface area (Å²) in [4.78, 5) is 32.0. The second-order valence-corrected chi connectivity index (χ2v) is 3.61. The minimum atomic E-state index is -4.33. The van der Waals surface area contributed by atoms with Gasteiger partial charge in [-0.1, -0.05) is 0 Å². The number of nitrogens with one attached hydrogen (secondary N) is 2. The zero-order valence-corrected chi connectivity index (χ0v) is 9.66. The molecule has 0 saturated heterocycles. The molecule has 0 fully saturated rings. The van der Waals surface area contributed by atoms with Crippen LogP contribution < -0.4 is 10.6 Å². The number of urea groups is 1. The highest BCUT2D eigenvalue weighted by Crippen LogP contribution is 2.20. The van der Waals surface area contributed by atoms with E-state index >= 15 is 0 Å². The van der Waals surface area contributed by atoms with Crippen molar-refractivity contribution in [2.75, 3.05) is 6.54 Å². The molecule has 4 N–H and O–H groups in total. The third kappa shape index (κ3) is 9.68. The molecule has 0 aromatic heterocycles. The molecule has 0 aromatic rings. The molecule has 7 nitrogen and oxygen atoms in total. The largest absolute Gasteiger partial charge is 0.481 e. The van der Waals surface area contributed by atoms with Gasteiger partial charge in [-0.3, -0.25) is 4.79 Å². The molecular formula is C9H13F3N2O5. The van der Waals surface area contributed by atoms with Crippen molar-refractivity contribution in [1.29, 1.82) is 0 Å². The maximum atomic E-state index is 11.8. The Hall–Kier alpha value is -2.00. The molecule has 0 heterocycles. The highest BCUT2D eigenvalue weighted by Gasteiger charge is 2.26. The summed E-state index contributed by atoms with van der Waals surface area (Å²) in [5.74, 6) is -2.97. The minimum absolute atomic E-state index is 0.301. The molecule has 0 aliphatic heterocycles. The van der Waals surface area contributed by atoms with Crippen molar-refractivity contribution in [3.05, 3.63) is 0 Å². The van der Waals surface area contributed by atoms with Crippen LogP contribution in [-0.2, 0) is 9.59 Å². The predicted octanol–water partition coefficient (Wildman–Crippen LogP) is 0.556. The monoisotopic (exact) mass is 286 g/mol. The van der Waals surface area contributed by atoms with E-state index in [-0.39, 0.29) is 13.0 Å². The van der Waals surface area contributed by atoms with Crippen molar-refractivity contribution in [3.63, 3.8) is 0 Å². The molecular weight excluding hydrogens is 273 g/mol. The summed E-state index contributed by atoms with van der Waals surface area (Å²) >= 11 is 0. The summed E-state index contributed by atoms with van der Waals surface area (Å²) in [6.45, 7) is -0.301. The van der Waals surface area contributed by atoms with E-state index < -0.39 is 43.0 Å². The summed E-state index contributed by atoms with van der Waals surface area (Å²) in [7, 11) is 0. The average Bonchev–Trinajstić information content (AvgIpc) is 2.21. The van der Waals surface area contributed by atoms with Crippen LogP contribution in [0.4, 0.5) is 18.0 Å². The zero-order chi connectivity index (χ0) is 15.1. The number of amides is 2. The topological polar surface area (TPSA) is 116 Å². The number of hydrogen-bond acceptors (Lipinski definition) is 3. The van der Waals surface area contributed by atoms with Crippen LogP contribution in [0, 0.1) is 0 Å². The van der Waals surface area contributed by atoms with Crippen LogP contribution in [0.15, 0.2) is 0 Å². The van der Waals surface area contributed by atoms with Gasteiger partial charge in [0.15, 0.2) is 0 Å². The van der Waals surface area contributed by atoms with Crippen LogP contribution >= 0.6 is 0 Å². The van der Waals surface area contributed by atoms with E-state index in [9.17, 15) is 27.6 Å². The summed E-state index contributed by atoms with van der Waals surface area (Å²) in [6, 6.07) is -2.67. The van der Waals surface area contributed by atoms with Crippen molar-refractivity contribution in [3.8, 4) is 0 Å². The Balaban J connectivity index is 4.00. The van der Waals surface area contributed by atoms with Crippen molar-refractivity contribution >= 4 is 18.0 Å². The Morgan fingerprint density at radius 3 is 2.16 bits per heavy atom. The standard InChI is InChI=1S/C9H13F3N2O5/c10-9(11,12)2-1-3-13-8(19)14-5(7(17)18)4-6(15)16/h5H,1-4H2,(H,15,16)(H,17,18)(H2,13,14,19)/t5-/m0/s1. The molecule has 0 rings (SSSR count). The van der Waals surface area contributed by atoms with Crippen LogP contribution in [0.3, 0.4) is 0 Å². The van der Waals surface area contributed by atoms with Gasteiger partial charge in [0, 0.05) is 13.0 Å². The number of carboxylic acids is 2. The van der Waals surface area contributed by atoms with Gasteiger partial charge in [-0.15, -0.1) is 0 Å². The van der Waals surface area contributed by atoms with Gasteiger partial charge in [0.1, 0.15) is 6.04 Å². The van der Waals surface area contributed by atoms with Gasteiger partial charge in [0.25, 0.3) is 0 Å². The van der Waals surface area contributed by atoms with Gasteiger partial charge >= 0.3 is 24.1 Å². The Bertz CT molecular complexity index is 345. The Kier molecular flexibility index (Phi) is 6.66. The molecule has 0 aliphatic rings. The van der Waals surface area contributed by atoms with Gasteiger partial charge in [0.05, 0.1) is 6.42 Å². The van der Waals surface area contributed by atoms with Crippen LogP contribution in [-0.4, -0.2) is 46.9 Å². The second-order valence-electron chi connectivity index (χ2n) is 3.61. The predicted molar refractivity (Wildman–Crippen MR) is 55.5 cm³/mol. The highest BCUT2D eigenvalue weighted by atomic mass is 19.4. The first-order valence-corrected chi connectivity index (χ1v) is 5.17. The quantitative estimate of drug-likeness (QED) is 0.510. The first kappa shape index (κ1) is 17.0. The summed E-state index contributed by atoms with van der Waals surface area (Å²) < 4.78 is 35.3. The summed E-state index contributed by atoms with van der Waals surface area (Å²) in [5.41, 5.74) is 0. The molecule has 19 heavy (non-hydrogen) atoms. The zero-order valence-electron chi connectivity index (χ0n) is 9.66. The smallest absolute Gasteiger partial charge is 0.389 e. The fourth-order valence-electron chi connectivity index (χ4n) is 1.07. The third-order valence-electron chi connectivity index (χ3n) is 1.90. The lowest BCUT2D eigenvalue weighted by atomic mass is 10.2. The van der Waals surface area contributed by atoms with Crippen LogP contribution in [0.2, 0.25) is 0 Å². The lowest BCUT2D eigenvalue weighted by molar-refractivity contribution is -0.145. The highest BCUT2D eigenvalue weighted by molar-refractivity contribution is 5.86. The lowest BCUT2D eigenvalue weighted by Crippen LogP contribution is -2.47. The fraction of sp³-hybridized carbons (Fsp3) is 0.667. The third-order valence-corrected chi connectivity index (χ3v) is 1.90. The normalized spacial score (nSPS) is 12.6. The van der Waals surface area contributed by atoms with Crippen molar-refractivity contribution in [1.82, 2.24) is 10.6 Å². The maximum absolute atomic E-state index is 11.8. The fourth-order valence-corrected chi connectivity index (χ4v) is 1.07. The Morgan fingerprint density at radius 2 is 1.74 bits per heavy atom. The molecule has 110 valence electrons. The molecule has 0 aliphatic carbocycles. The van der Waals surface area contributed by atoms with Crippen LogP contribution in [0.1, 0.15) is 19.3 Å². The second kappa shape index (κ2) is 7.44. The van der Waals surface area contributed by atoms with E-state index in [1.165, 1.54) is 0 Å². The number of hydrogen-bond donors (Lipinski definition) is 4. The molecule has 0 unspecified atom stereocenters. The average molecular weight is 286 g/mol. The maximum Gasteiger partial charge on any atom is 0.389 e. The molecule has 0 bridgehead atoms. The van der Waals surface area contributed by atoms with Gasteiger partial charge in [-0.05, 0) is 6.42 Å². The Labute approximate surface area is 105 Å². The SMILES string of the molecule is O=C(O)C[C@H](NC(=O)NCCCC(F)(F)F)C(=O)O. The van der Waals surface area contributed by atoms with Gasteiger partial charge in [0.2, 0.25) is 0 Å². The van der Waals surface area contributed by atoms with Gasteiger partial charge in [-0.2, -0.15) is 13.2 Å². The summed E-state index contributed by atoms with van der Waals surface area (Å²) in [5, 5.41) is 20.8. The molecule has 10 heteroatoms. The number of carbonyl (C=O) groups is 3. The number of alkyl halides is 3. The lowest BCUT2D eigenvalue weighted by Gasteiger charge is -2.13. The number of aliphatic carboxylic acids is 2. The first-order chi connectivity index (χ1) is 8.61. The van der Waals surface area contributed by atoms with E-state index in [0.29, 0.717) is 0 Å². The van der Waals surface area contributed by atoms with E-state index in [1.54, 1.807) is 0 Å². The number of rotatable bonds is 7. The van der Waals surface area contributed by atoms with Crippen molar-refractivity contribution in [2.45, 2.75) is 31.5 Å². The van der Waals surface area contributed by atoms with Crippen LogP contribution in [0.5, 0.6) is 0 Å². The van der Waals surface area contributed by atoms with E-state index in [1.807, 2.05) is 10.6 Å². The molecule has 0 radical (unpaired) electrons. The van der Waals surface area contributed by atoms with Gasteiger partial charge in [-0.25, -0.2) is 9.59 Å². The number of carbonyl (C=O) groups excluding carboxylic acids is 1. The molecule has 0 aromatic carbocycles. The van der Waals surface area contributed by atoms with Crippen LogP contribution in [0.25, 0.3) is 0 Å². The number of halogens is 3. The van der Waals surface area contributed by atoms with E-state index in [4.69, 9.17) is 10.2 Å². The molecule has 0 spiro atoms. The summed E-state index contributed by atoms with van der Waals surface area (Å²) in [6.07, 6.45) is -6.59. The number of carboxylic acid groups (broad SMARTS) is 2.